The minimum absolute atomic E-state index is 0.141. The van der Waals surface area contributed by atoms with Crippen LogP contribution >= 0.6 is 0 Å². The predicted octanol–water partition coefficient (Wildman–Crippen LogP) is 2.11. The number of aryl methyl sites for hydroxylation is 2. The van der Waals surface area contributed by atoms with Gasteiger partial charge in [-0.1, -0.05) is 23.8 Å². The summed E-state index contributed by atoms with van der Waals surface area (Å²) in [5.41, 5.74) is 2.73. The molecule has 0 unspecified atom stereocenters. The zero-order valence-electron chi connectivity index (χ0n) is 9.53. The molecule has 0 aromatic heterocycles. The number of ether oxygens (including phenoxy) is 2. The van der Waals surface area contributed by atoms with Crippen LogP contribution in [0.4, 0.5) is 0 Å². The fourth-order valence-corrected chi connectivity index (χ4v) is 1.53. The number of hydrogen-bond acceptors (Lipinski definition) is 3. The molecule has 0 aliphatic carbocycles. The molecule has 0 amide bonds. The van der Waals surface area contributed by atoms with Crippen molar-refractivity contribution in [3.8, 4) is 0 Å². The Morgan fingerprint density at radius 3 is 2.27 bits per heavy atom. The van der Waals surface area contributed by atoms with E-state index in [0.29, 0.717) is 5.56 Å². The Morgan fingerprint density at radius 2 is 1.80 bits per heavy atom. The van der Waals surface area contributed by atoms with Crippen LogP contribution in [0.5, 0.6) is 0 Å². The number of methoxy groups -OCH3 is 2. The number of rotatable bonds is 4. The van der Waals surface area contributed by atoms with Gasteiger partial charge >= 0.3 is 0 Å². The Hall–Kier alpha value is -1.19. The summed E-state index contributed by atoms with van der Waals surface area (Å²) in [6.07, 6.45) is -0.814. The largest absolute Gasteiger partial charge is 0.349 e. The molecule has 3 heteroatoms. The number of benzene rings is 1. The summed E-state index contributed by atoms with van der Waals surface area (Å²) in [5, 5.41) is 0. The average Bonchev–Trinajstić information content (AvgIpc) is 2.19. The summed E-state index contributed by atoms with van der Waals surface area (Å²) in [7, 11) is 2.91. The lowest BCUT2D eigenvalue weighted by Gasteiger charge is -2.13. The third-order valence-electron chi connectivity index (χ3n) is 2.29. The maximum Gasteiger partial charge on any atom is 0.222 e. The monoisotopic (exact) mass is 208 g/mol. The van der Waals surface area contributed by atoms with Crippen molar-refractivity contribution >= 4 is 5.78 Å². The van der Waals surface area contributed by atoms with Gasteiger partial charge in [-0.2, -0.15) is 0 Å². The Balaban J connectivity index is 3.00. The number of carbonyl (C=O) groups is 1. The molecular formula is C12H16O3. The Kier molecular flexibility index (Phi) is 4.00. The Labute approximate surface area is 90.0 Å². The van der Waals surface area contributed by atoms with Crippen LogP contribution in [0.2, 0.25) is 0 Å². The quantitative estimate of drug-likeness (QED) is 0.561. The van der Waals surface area contributed by atoms with Gasteiger partial charge in [0.1, 0.15) is 0 Å². The van der Waals surface area contributed by atoms with E-state index in [2.05, 4.69) is 0 Å². The van der Waals surface area contributed by atoms with Crippen molar-refractivity contribution < 1.29 is 14.3 Å². The molecule has 0 atom stereocenters. The molecule has 0 aliphatic heterocycles. The fraction of sp³-hybridized carbons (Fsp3) is 0.417. The predicted molar refractivity (Wildman–Crippen MR) is 58.1 cm³/mol. The third-order valence-corrected chi connectivity index (χ3v) is 2.29. The summed E-state index contributed by atoms with van der Waals surface area (Å²) < 4.78 is 9.86. The highest BCUT2D eigenvalue weighted by molar-refractivity contribution is 5.99. The molecule has 3 nitrogen and oxygen atoms in total. The highest BCUT2D eigenvalue weighted by Gasteiger charge is 2.20. The number of hydrogen-bond donors (Lipinski definition) is 0. The van der Waals surface area contributed by atoms with Gasteiger partial charge in [-0.05, 0) is 19.4 Å². The van der Waals surface area contributed by atoms with Crippen LogP contribution in [-0.4, -0.2) is 26.3 Å². The molecule has 0 radical (unpaired) electrons. The van der Waals surface area contributed by atoms with Crippen LogP contribution < -0.4 is 0 Å². The van der Waals surface area contributed by atoms with Gasteiger partial charge in [0.2, 0.25) is 12.1 Å². The van der Waals surface area contributed by atoms with Crippen molar-refractivity contribution in [1.29, 1.82) is 0 Å². The topological polar surface area (TPSA) is 35.5 Å². The highest BCUT2D eigenvalue weighted by Crippen LogP contribution is 2.14. The fourth-order valence-electron chi connectivity index (χ4n) is 1.53. The first-order valence-electron chi connectivity index (χ1n) is 4.77. The van der Waals surface area contributed by atoms with Crippen molar-refractivity contribution in [3.63, 3.8) is 0 Å². The summed E-state index contributed by atoms with van der Waals surface area (Å²) in [6, 6.07) is 5.68. The third kappa shape index (κ3) is 2.64. The molecule has 15 heavy (non-hydrogen) atoms. The molecule has 0 saturated heterocycles. The SMILES string of the molecule is COC(OC)C(=O)c1ccc(C)cc1C. The average molecular weight is 208 g/mol. The molecule has 1 aromatic rings. The summed E-state index contributed by atoms with van der Waals surface area (Å²) in [6.45, 7) is 3.90. The lowest BCUT2D eigenvalue weighted by Crippen LogP contribution is -2.25. The van der Waals surface area contributed by atoms with E-state index >= 15 is 0 Å². The summed E-state index contributed by atoms with van der Waals surface area (Å²) in [4.78, 5) is 11.9. The van der Waals surface area contributed by atoms with Crippen LogP contribution in [-0.2, 0) is 9.47 Å². The van der Waals surface area contributed by atoms with Gasteiger partial charge in [0, 0.05) is 19.8 Å². The minimum atomic E-state index is -0.814. The number of Topliss-reactive ketones (excluding diaryl/α,β-unsaturated/α-hetero) is 1. The number of carbonyl (C=O) groups excluding carboxylic acids is 1. The Bertz CT molecular complexity index is 354. The normalized spacial score (nSPS) is 10.7. The van der Waals surface area contributed by atoms with Gasteiger partial charge in [-0.3, -0.25) is 4.79 Å². The maximum atomic E-state index is 11.9. The van der Waals surface area contributed by atoms with Gasteiger partial charge in [-0.15, -0.1) is 0 Å². The van der Waals surface area contributed by atoms with Crippen molar-refractivity contribution in [1.82, 2.24) is 0 Å². The summed E-state index contributed by atoms with van der Waals surface area (Å²) in [5.74, 6) is -0.141. The molecule has 1 rings (SSSR count). The van der Waals surface area contributed by atoms with Crippen LogP contribution in [0, 0.1) is 13.8 Å². The van der Waals surface area contributed by atoms with E-state index in [4.69, 9.17) is 9.47 Å². The zero-order chi connectivity index (χ0) is 11.4. The maximum absolute atomic E-state index is 11.9. The molecule has 1 aromatic carbocycles. The molecule has 0 fully saturated rings. The lowest BCUT2D eigenvalue weighted by atomic mass is 10.0. The molecule has 0 aliphatic rings. The molecular weight excluding hydrogens is 192 g/mol. The van der Waals surface area contributed by atoms with Gasteiger partial charge in [0.25, 0.3) is 0 Å². The first-order chi connectivity index (χ1) is 7.10. The molecule has 0 saturated carbocycles. The molecule has 0 spiro atoms. The van der Waals surface area contributed by atoms with E-state index in [1.165, 1.54) is 14.2 Å². The van der Waals surface area contributed by atoms with E-state index < -0.39 is 6.29 Å². The van der Waals surface area contributed by atoms with E-state index in [1.54, 1.807) is 6.07 Å². The molecule has 0 N–H and O–H groups in total. The second kappa shape index (κ2) is 5.05. The van der Waals surface area contributed by atoms with Gasteiger partial charge in [-0.25, -0.2) is 0 Å². The molecule has 0 heterocycles. The molecule has 82 valence electrons. The minimum Gasteiger partial charge on any atom is -0.349 e. The van der Waals surface area contributed by atoms with Gasteiger partial charge in [0.05, 0.1) is 0 Å². The van der Waals surface area contributed by atoms with Crippen LogP contribution in [0.1, 0.15) is 21.5 Å². The smallest absolute Gasteiger partial charge is 0.222 e. The van der Waals surface area contributed by atoms with E-state index in [-0.39, 0.29) is 5.78 Å². The molecule has 0 bridgehead atoms. The second-order valence-corrected chi connectivity index (χ2v) is 3.49. The van der Waals surface area contributed by atoms with Gasteiger partial charge < -0.3 is 9.47 Å². The lowest BCUT2D eigenvalue weighted by molar-refractivity contribution is -0.0742. The highest BCUT2D eigenvalue weighted by atomic mass is 16.7. The van der Waals surface area contributed by atoms with Crippen LogP contribution in [0.15, 0.2) is 18.2 Å². The summed E-state index contributed by atoms with van der Waals surface area (Å²) >= 11 is 0. The van der Waals surface area contributed by atoms with E-state index in [9.17, 15) is 4.79 Å². The number of ketones is 1. The Morgan fingerprint density at radius 1 is 1.20 bits per heavy atom. The van der Waals surface area contributed by atoms with E-state index in [0.717, 1.165) is 11.1 Å². The van der Waals surface area contributed by atoms with Gasteiger partial charge in [0.15, 0.2) is 0 Å². The first kappa shape index (κ1) is 11.9. The van der Waals surface area contributed by atoms with Crippen molar-refractivity contribution in [2.24, 2.45) is 0 Å². The van der Waals surface area contributed by atoms with E-state index in [1.807, 2.05) is 26.0 Å². The van der Waals surface area contributed by atoms with Crippen molar-refractivity contribution in [3.05, 3.63) is 34.9 Å². The van der Waals surface area contributed by atoms with Crippen LogP contribution in [0.3, 0.4) is 0 Å². The second-order valence-electron chi connectivity index (χ2n) is 3.49. The van der Waals surface area contributed by atoms with Crippen molar-refractivity contribution in [2.75, 3.05) is 14.2 Å². The standard InChI is InChI=1S/C12H16O3/c1-8-5-6-10(9(2)7-8)11(13)12(14-3)15-4/h5-7,12H,1-4H3. The first-order valence-corrected chi connectivity index (χ1v) is 4.77. The van der Waals surface area contributed by atoms with Crippen LogP contribution in [0.25, 0.3) is 0 Å². The zero-order valence-corrected chi connectivity index (χ0v) is 9.53. The van der Waals surface area contributed by atoms with Crippen molar-refractivity contribution in [2.45, 2.75) is 20.1 Å².